The van der Waals surface area contributed by atoms with E-state index in [4.69, 9.17) is 0 Å². The normalized spacial score (nSPS) is 11.1. The Balaban J connectivity index is 0. The molecule has 0 saturated carbocycles. The lowest BCUT2D eigenvalue weighted by Gasteiger charge is -2.18. The Kier molecular flexibility index (Phi) is 28.7. The summed E-state index contributed by atoms with van der Waals surface area (Å²) >= 11 is 0. The van der Waals surface area contributed by atoms with Crippen LogP contribution >= 0.6 is 21.4 Å². The lowest BCUT2D eigenvalue weighted by molar-refractivity contribution is 0.617. The predicted octanol–water partition coefficient (Wildman–Crippen LogP) is 10.2. The van der Waals surface area contributed by atoms with Gasteiger partial charge >= 0.3 is 0 Å². The maximum absolute atomic E-state index is 2.32. The van der Waals surface area contributed by atoms with Gasteiger partial charge in [-0.2, -0.15) is 0 Å². The average molecular weight is 403 g/mol. The van der Waals surface area contributed by atoms with Gasteiger partial charge in [0.1, 0.15) is 0 Å². The molecule has 0 aromatic heterocycles. The zero-order valence-electron chi connectivity index (χ0n) is 18.7. The van der Waals surface area contributed by atoms with E-state index in [-0.39, 0.29) is 13.5 Å². The molecule has 0 nitrogen and oxygen atoms in total. The van der Waals surface area contributed by atoms with Crippen molar-refractivity contribution in [2.24, 2.45) is 0 Å². The smallest absolute Gasteiger partial charge is 0 e. The van der Waals surface area contributed by atoms with Crippen molar-refractivity contribution in [1.82, 2.24) is 0 Å². The molecule has 26 heavy (non-hydrogen) atoms. The first-order chi connectivity index (χ1) is 12.3. The maximum Gasteiger partial charge on any atom is 0 e. The fraction of sp³-hybridized carbons (Fsp3) is 1.00. The molecule has 0 rings (SSSR count). The quantitative estimate of drug-likeness (QED) is 0.132. The summed E-state index contributed by atoms with van der Waals surface area (Å²) in [6.45, 7) is 6.96. The molecular formula is C24H51PS. The van der Waals surface area contributed by atoms with Crippen molar-refractivity contribution in [2.75, 3.05) is 18.5 Å². The van der Waals surface area contributed by atoms with Crippen LogP contribution in [-0.4, -0.2) is 18.5 Å². The molecule has 0 aliphatic rings. The first kappa shape index (κ1) is 29.0. The topological polar surface area (TPSA) is 0 Å². The SMILES string of the molecule is CCCCCCCCP(CCCCCCCC)CCCCCCCC.[S]. The highest BCUT2D eigenvalue weighted by Crippen LogP contribution is 2.39. The van der Waals surface area contributed by atoms with Crippen molar-refractivity contribution in [3.05, 3.63) is 0 Å². The van der Waals surface area contributed by atoms with Crippen LogP contribution in [0.25, 0.3) is 0 Å². The van der Waals surface area contributed by atoms with Gasteiger partial charge in [-0.3, -0.25) is 0 Å². The van der Waals surface area contributed by atoms with Gasteiger partial charge in [0.05, 0.1) is 0 Å². The molecule has 0 bridgehead atoms. The fourth-order valence-corrected chi connectivity index (χ4v) is 6.37. The van der Waals surface area contributed by atoms with E-state index in [0.29, 0.717) is 7.92 Å². The van der Waals surface area contributed by atoms with E-state index in [1.807, 2.05) is 0 Å². The Morgan fingerprint density at radius 2 is 0.577 bits per heavy atom. The summed E-state index contributed by atoms with van der Waals surface area (Å²) in [6, 6.07) is 0. The Labute approximate surface area is 176 Å². The monoisotopic (exact) mass is 402 g/mol. The lowest BCUT2D eigenvalue weighted by atomic mass is 10.1. The second-order valence-electron chi connectivity index (χ2n) is 8.14. The van der Waals surface area contributed by atoms with Gasteiger partial charge < -0.3 is 0 Å². The standard InChI is InChI=1S/C24H51P.S/c1-4-7-10-13-16-19-22-25(23-20-17-14-11-8-5-2)24-21-18-15-12-9-6-3;/h4-24H2,1-3H3;. The summed E-state index contributed by atoms with van der Waals surface area (Å²) in [5.74, 6) is 0. The third-order valence-corrected chi connectivity index (χ3v) is 8.33. The Hall–Kier alpha value is 0.780. The molecule has 0 aromatic rings. The highest BCUT2D eigenvalue weighted by atomic mass is 32.1. The zero-order valence-corrected chi connectivity index (χ0v) is 20.4. The van der Waals surface area contributed by atoms with E-state index in [9.17, 15) is 0 Å². The first-order valence-corrected chi connectivity index (χ1v) is 14.0. The van der Waals surface area contributed by atoms with Crippen molar-refractivity contribution >= 4 is 21.4 Å². The van der Waals surface area contributed by atoms with Crippen molar-refractivity contribution in [2.45, 2.75) is 136 Å². The predicted molar refractivity (Wildman–Crippen MR) is 129 cm³/mol. The van der Waals surface area contributed by atoms with E-state index in [0.717, 1.165) is 0 Å². The van der Waals surface area contributed by atoms with E-state index in [2.05, 4.69) is 20.8 Å². The minimum atomic E-state index is 0. The minimum Gasteiger partial charge on any atom is -0.107 e. The Bertz CT molecular complexity index is 194. The largest absolute Gasteiger partial charge is 0.107 e. The van der Waals surface area contributed by atoms with E-state index >= 15 is 0 Å². The molecule has 158 valence electrons. The third-order valence-electron chi connectivity index (χ3n) is 5.48. The minimum absolute atomic E-state index is 0. The van der Waals surface area contributed by atoms with Crippen LogP contribution in [0.5, 0.6) is 0 Å². The first-order valence-electron chi connectivity index (χ1n) is 12.1. The second-order valence-corrected chi connectivity index (χ2v) is 10.8. The van der Waals surface area contributed by atoms with E-state index in [1.54, 1.807) is 18.5 Å². The van der Waals surface area contributed by atoms with Gasteiger partial charge in [0.25, 0.3) is 0 Å². The summed E-state index contributed by atoms with van der Waals surface area (Å²) in [5, 5.41) is 0. The molecule has 0 atom stereocenters. The van der Waals surface area contributed by atoms with Crippen LogP contribution in [-0.2, 0) is 0 Å². The average Bonchev–Trinajstić information content (AvgIpc) is 2.63. The zero-order chi connectivity index (χ0) is 18.4. The fourth-order valence-electron chi connectivity index (χ4n) is 3.68. The molecule has 0 aliphatic heterocycles. The van der Waals surface area contributed by atoms with Crippen molar-refractivity contribution in [3.8, 4) is 0 Å². The van der Waals surface area contributed by atoms with Gasteiger partial charge in [0, 0.05) is 13.5 Å². The molecule has 0 amide bonds. The summed E-state index contributed by atoms with van der Waals surface area (Å²) in [6.07, 6.45) is 31.2. The lowest BCUT2D eigenvalue weighted by Crippen LogP contribution is -1.97. The van der Waals surface area contributed by atoms with Gasteiger partial charge in [-0.25, -0.2) is 0 Å². The van der Waals surface area contributed by atoms with Gasteiger partial charge in [-0.15, -0.1) is 7.92 Å². The van der Waals surface area contributed by atoms with E-state index < -0.39 is 0 Å². The summed E-state index contributed by atoms with van der Waals surface area (Å²) < 4.78 is 0. The number of hydrogen-bond acceptors (Lipinski definition) is 0. The van der Waals surface area contributed by atoms with Crippen LogP contribution in [0.4, 0.5) is 0 Å². The Morgan fingerprint density at radius 1 is 0.346 bits per heavy atom. The molecule has 0 saturated heterocycles. The maximum atomic E-state index is 2.32. The molecule has 0 heterocycles. The highest BCUT2D eigenvalue weighted by molar-refractivity contribution is 7.59. The van der Waals surface area contributed by atoms with Gasteiger partial charge in [-0.1, -0.05) is 117 Å². The molecule has 0 spiro atoms. The van der Waals surface area contributed by atoms with Crippen molar-refractivity contribution in [1.29, 1.82) is 0 Å². The number of hydrogen-bond donors (Lipinski definition) is 0. The van der Waals surface area contributed by atoms with Crippen molar-refractivity contribution < 1.29 is 0 Å². The molecule has 0 unspecified atom stereocenters. The van der Waals surface area contributed by atoms with Gasteiger partial charge in [-0.05, 0) is 37.7 Å². The third kappa shape index (κ3) is 22.8. The molecule has 0 N–H and O–H groups in total. The molecule has 0 fully saturated rings. The second kappa shape index (κ2) is 25.8. The number of unbranched alkanes of at least 4 members (excludes halogenated alkanes) is 15. The Morgan fingerprint density at radius 3 is 0.846 bits per heavy atom. The number of rotatable bonds is 21. The van der Waals surface area contributed by atoms with Crippen LogP contribution in [0.3, 0.4) is 0 Å². The summed E-state index contributed by atoms with van der Waals surface area (Å²) in [4.78, 5) is 0. The molecule has 2 radical (unpaired) electrons. The summed E-state index contributed by atoms with van der Waals surface area (Å²) in [5.41, 5.74) is 0. The summed E-state index contributed by atoms with van der Waals surface area (Å²) in [7, 11) is 0.366. The van der Waals surface area contributed by atoms with Gasteiger partial charge in [0.15, 0.2) is 0 Å². The van der Waals surface area contributed by atoms with Crippen LogP contribution in [0.15, 0.2) is 0 Å². The van der Waals surface area contributed by atoms with Crippen LogP contribution in [0.1, 0.15) is 136 Å². The highest BCUT2D eigenvalue weighted by Gasteiger charge is 2.07. The molecule has 2 heteroatoms. The van der Waals surface area contributed by atoms with Crippen molar-refractivity contribution in [3.63, 3.8) is 0 Å². The molecule has 0 aromatic carbocycles. The van der Waals surface area contributed by atoms with Crippen LogP contribution < -0.4 is 0 Å². The van der Waals surface area contributed by atoms with E-state index in [1.165, 1.54) is 116 Å². The van der Waals surface area contributed by atoms with Crippen LogP contribution in [0, 0.1) is 0 Å². The molecule has 0 aliphatic carbocycles. The van der Waals surface area contributed by atoms with Crippen LogP contribution in [0.2, 0.25) is 0 Å². The molecular weight excluding hydrogens is 351 g/mol. The van der Waals surface area contributed by atoms with Gasteiger partial charge in [0.2, 0.25) is 0 Å².